The first-order chi connectivity index (χ1) is 11.5. The summed E-state index contributed by atoms with van der Waals surface area (Å²) in [5.41, 5.74) is 0. The van der Waals surface area contributed by atoms with Crippen molar-refractivity contribution in [2.45, 2.75) is 29.5 Å². The molecule has 128 valence electrons. The Hall–Kier alpha value is -2.15. The summed E-state index contributed by atoms with van der Waals surface area (Å²) in [6, 6.07) is 8.62. The van der Waals surface area contributed by atoms with Gasteiger partial charge in [0.05, 0.1) is 10.1 Å². The molecule has 3 rings (SSSR count). The molecule has 1 aromatic heterocycles. The van der Waals surface area contributed by atoms with Crippen LogP contribution in [0.25, 0.3) is 0 Å². The van der Waals surface area contributed by atoms with Crippen molar-refractivity contribution in [3.63, 3.8) is 0 Å². The first-order valence-corrected chi connectivity index (χ1v) is 9.39. The molecule has 1 amide bonds. The number of likely N-dealkylation sites (tertiary alicyclic amines) is 1. The van der Waals surface area contributed by atoms with Gasteiger partial charge in [0.25, 0.3) is 0 Å². The molecule has 0 N–H and O–H groups in total. The van der Waals surface area contributed by atoms with Crippen LogP contribution in [0.5, 0.6) is 0 Å². The number of sulfone groups is 1. The van der Waals surface area contributed by atoms with Crippen LogP contribution in [-0.4, -0.2) is 42.1 Å². The fourth-order valence-electron chi connectivity index (χ4n) is 2.96. The Labute approximate surface area is 140 Å². The summed E-state index contributed by atoms with van der Waals surface area (Å²) in [7, 11) is -3.49. The number of hydrogen-bond donors (Lipinski definition) is 0. The standard InChI is InChI=1S/C17H19FN2O3S/c18-14-3-5-15(6-4-14)24(22,23)16-7-11-20(12-8-16)17(21)13-19-9-1-2-10-19/h1-6,9-10,16H,7-8,11-13H2. The Kier molecular flexibility index (Phi) is 4.71. The topological polar surface area (TPSA) is 59.4 Å². The van der Waals surface area contributed by atoms with E-state index < -0.39 is 20.9 Å². The van der Waals surface area contributed by atoms with Gasteiger partial charge in [-0.1, -0.05) is 0 Å². The minimum atomic E-state index is -3.49. The summed E-state index contributed by atoms with van der Waals surface area (Å²) in [4.78, 5) is 14.1. The molecule has 0 spiro atoms. The zero-order valence-electron chi connectivity index (χ0n) is 13.1. The first-order valence-electron chi connectivity index (χ1n) is 7.85. The number of aromatic nitrogens is 1. The van der Waals surface area contributed by atoms with Gasteiger partial charge < -0.3 is 9.47 Å². The van der Waals surface area contributed by atoms with Crippen molar-refractivity contribution < 1.29 is 17.6 Å². The Morgan fingerprint density at radius 3 is 2.25 bits per heavy atom. The van der Waals surface area contributed by atoms with E-state index >= 15 is 0 Å². The monoisotopic (exact) mass is 350 g/mol. The normalized spacial score (nSPS) is 16.3. The largest absolute Gasteiger partial charge is 0.345 e. The van der Waals surface area contributed by atoms with Crippen molar-refractivity contribution in [2.24, 2.45) is 0 Å². The van der Waals surface area contributed by atoms with E-state index in [0.29, 0.717) is 25.9 Å². The number of halogens is 1. The molecule has 1 fully saturated rings. The van der Waals surface area contributed by atoms with E-state index in [0.717, 1.165) is 12.1 Å². The molecule has 0 bridgehead atoms. The quantitative estimate of drug-likeness (QED) is 0.794. The van der Waals surface area contributed by atoms with Gasteiger partial charge in [-0.3, -0.25) is 4.79 Å². The molecule has 1 saturated heterocycles. The van der Waals surface area contributed by atoms with Crippen LogP contribution in [0.4, 0.5) is 4.39 Å². The van der Waals surface area contributed by atoms with Crippen LogP contribution in [0.3, 0.4) is 0 Å². The average molecular weight is 350 g/mol. The van der Waals surface area contributed by atoms with Crippen LogP contribution in [0, 0.1) is 5.82 Å². The second-order valence-electron chi connectivity index (χ2n) is 5.93. The van der Waals surface area contributed by atoms with Crippen molar-refractivity contribution in [1.29, 1.82) is 0 Å². The van der Waals surface area contributed by atoms with Crippen LogP contribution in [0.15, 0.2) is 53.7 Å². The van der Waals surface area contributed by atoms with Gasteiger partial charge in [0.1, 0.15) is 12.4 Å². The molecule has 0 unspecified atom stereocenters. The lowest BCUT2D eigenvalue weighted by Gasteiger charge is -2.32. The van der Waals surface area contributed by atoms with Gasteiger partial charge in [-0.25, -0.2) is 12.8 Å². The number of benzene rings is 1. The fourth-order valence-corrected chi connectivity index (χ4v) is 4.70. The van der Waals surface area contributed by atoms with E-state index in [1.54, 1.807) is 9.47 Å². The maximum atomic E-state index is 13.0. The molecular weight excluding hydrogens is 331 g/mol. The van der Waals surface area contributed by atoms with Gasteiger partial charge in [0.15, 0.2) is 9.84 Å². The summed E-state index contributed by atoms with van der Waals surface area (Å²) in [5, 5.41) is -0.529. The van der Waals surface area contributed by atoms with Gasteiger partial charge in [-0.2, -0.15) is 0 Å². The molecule has 0 saturated carbocycles. The maximum absolute atomic E-state index is 13.0. The van der Waals surface area contributed by atoms with E-state index in [-0.39, 0.29) is 17.3 Å². The summed E-state index contributed by atoms with van der Waals surface area (Å²) in [5.74, 6) is -0.469. The highest BCUT2D eigenvalue weighted by atomic mass is 32.2. The Morgan fingerprint density at radius 2 is 1.67 bits per heavy atom. The number of carbonyl (C=O) groups is 1. The van der Waals surface area contributed by atoms with Crippen molar-refractivity contribution >= 4 is 15.7 Å². The average Bonchev–Trinajstić information content (AvgIpc) is 3.08. The number of piperidine rings is 1. The van der Waals surface area contributed by atoms with Crippen LogP contribution < -0.4 is 0 Å². The molecule has 5 nitrogen and oxygen atoms in total. The molecule has 1 aliphatic heterocycles. The zero-order valence-corrected chi connectivity index (χ0v) is 14.0. The van der Waals surface area contributed by atoms with Gasteiger partial charge in [-0.15, -0.1) is 0 Å². The molecule has 0 radical (unpaired) electrons. The van der Waals surface area contributed by atoms with E-state index in [2.05, 4.69) is 0 Å². The molecule has 24 heavy (non-hydrogen) atoms. The third-order valence-corrected chi connectivity index (χ3v) is 6.64. The summed E-state index contributed by atoms with van der Waals surface area (Å²) in [6.45, 7) is 1.11. The van der Waals surface area contributed by atoms with Gasteiger partial charge in [-0.05, 0) is 49.2 Å². The summed E-state index contributed by atoms with van der Waals surface area (Å²) >= 11 is 0. The molecular formula is C17H19FN2O3S. The molecule has 1 aliphatic rings. The van der Waals surface area contributed by atoms with Gasteiger partial charge in [0, 0.05) is 25.5 Å². The summed E-state index contributed by atoms with van der Waals surface area (Å²) < 4.78 is 40.0. The number of hydrogen-bond acceptors (Lipinski definition) is 3. The maximum Gasteiger partial charge on any atom is 0.242 e. The lowest BCUT2D eigenvalue weighted by Crippen LogP contribution is -2.43. The number of carbonyl (C=O) groups excluding carboxylic acids is 1. The minimum Gasteiger partial charge on any atom is -0.345 e. The van der Waals surface area contributed by atoms with Crippen LogP contribution in [-0.2, 0) is 21.2 Å². The van der Waals surface area contributed by atoms with E-state index in [1.165, 1.54) is 12.1 Å². The van der Waals surface area contributed by atoms with Gasteiger partial charge >= 0.3 is 0 Å². The zero-order chi connectivity index (χ0) is 17.2. The second kappa shape index (κ2) is 6.76. The predicted octanol–water partition coefficient (Wildman–Crippen LogP) is 2.09. The molecule has 2 heterocycles. The van der Waals surface area contributed by atoms with Crippen LogP contribution in [0.1, 0.15) is 12.8 Å². The fraction of sp³-hybridized carbons (Fsp3) is 0.353. The predicted molar refractivity (Wildman–Crippen MR) is 87.6 cm³/mol. The van der Waals surface area contributed by atoms with Gasteiger partial charge in [0.2, 0.25) is 5.91 Å². The molecule has 0 aliphatic carbocycles. The molecule has 2 aromatic rings. The van der Waals surface area contributed by atoms with Crippen LogP contribution >= 0.6 is 0 Å². The number of nitrogens with zero attached hydrogens (tertiary/aromatic N) is 2. The number of amides is 1. The summed E-state index contributed by atoms with van der Waals surface area (Å²) in [6.07, 6.45) is 4.45. The van der Waals surface area contributed by atoms with Crippen molar-refractivity contribution in [3.05, 3.63) is 54.6 Å². The molecule has 0 atom stereocenters. The highest BCUT2D eigenvalue weighted by Crippen LogP contribution is 2.25. The lowest BCUT2D eigenvalue weighted by atomic mass is 10.1. The Morgan fingerprint density at radius 1 is 1.08 bits per heavy atom. The smallest absolute Gasteiger partial charge is 0.242 e. The SMILES string of the molecule is O=C(Cn1cccc1)N1CCC(S(=O)(=O)c2ccc(F)cc2)CC1. The Bertz CT molecular complexity index is 793. The van der Waals surface area contributed by atoms with E-state index in [4.69, 9.17) is 0 Å². The second-order valence-corrected chi connectivity index (χ2v) is 8.16. The van der Waals surface area contributed by atoms with Crippen molar-refractivity contribution in [3.8, 4) is 0 Å². The van der Waals surface area contributed by atoms with Crippen molar-refractivity contribution in [2.75, 3.05) is 13.1 Å². The third kappa shape index (κ3) is 3.51. The van der Waals surface area contributed by atoms with Crippen molar-refractivity contribution in [1.82, 2.24) is 9.47 Å². The molecule has 1 aromatic carbocycles. The number of rotatable bonds is 4. The minimum absolute atomic E-state index is 0.0103. The Balaban J connectivity index is 1.62. The highest BCUT2D eigenvalue weighted by Gasteiger charge is 2.32. The van der Waals surface area contributed by atoms with Crippen LogP contribution in [0.2, 0.25) is 0 Å². The van der Waals surface area contributed by atoms with E-state index in [1.807, 2.05) is 24.5 Å². The third-order valence-electron chi connectivity index (χ3n) is 4.36. The highest BCUT2D eigenvalue weighted by molar-refractivity contribution is 7.92. The molecule has 7 heteroatoms. The first kappa shape index (κ1) is 16.7. The van der Waals surface area contributed by atoms with E-state index in [9.17, 15) is 17.6 Å². The lowest BCUT2D eigenvalue weighted by molar-refractivity contribution is -0.132.